The van der Waals surface area contributed by atoms with Crippen molar-refractivity contribution in [2.75, 3.05) is 6.54 Å². The normalized spacial score (nSPS) is 24.0. The van der Waals surface area contributed by atoms with Gasteiger partial charge in [0.05, 0.1) is 24.2 Å². The van der Waals surface area contributed by atoms with Gasteiger partial charge in [-0.2, -0.15) is 18.5 Å². The fourth-order valence-electron chi connectivity index (χ4n) is 2.88. The molecule has 3 heterocycles. The highest BCUT2D eigenvalue weighted by Crippen LogP contribution is 2.30. The molecule has 3 N–H and O–H groups in total. The molecule has 0 spiro atoms. The van der Waals surface area contributed by atoms with E-state index in [1.165, 1.54) is 17.6 Å². The predicted molar refractivity (Wildman–Crippen MR) is 80.2 cm³/mol. The second-order valence-corrected chi connectivity index (χ2v) is 6.60. The first-order valence-corrected chi connectivity index (χ1v) is 8.62. The number of fused-ring (bicyclic) bond motifs is 2. The minimum absolute atomic E-state index is 0.0611. The van der Waals surface area contributed by atoms with Gasteiger partial charge in [-0.15, -0.1) is 4.28 Å². The van der Waals surface area contributed by atoms with Crippen LogP contribution < -0.4 is 5.73 Å². The van der Waals surface area contributed by atoms with Crippen molar-refractivity contribution in [3.63, 3.8) is 0 Å². The Morgan fingerprint density at radius 3 is 2.92 bits per heavy atom. The van der Waals surface area contributed by atoms with Gasteiger partial charge in [-0.05, 0) is 12.8 Å². The molecule has 2 unspecified atom stereocenters. The molecular weight excluding hydrogens is 358 g/mol. The topological polar surface area (TPSA) is 169 Å². The number of hydrogen-bond acceptors (Lipinski definition) is 7. The molecule has 12 nitrogen and oxygen atoms in total. The summed E-state index contributed by atoms with van der Waals surface area (Å²) in [6.07, 6.45) is 3.13. The van der Waals surface area contributed by atoms with Crippen molar-refractivity contribution in [2.45, 2.75) is 31.3 Å². The lowest BCUT2D eigenvalue weighted by Crippen LogP contribution is -2.48. The SMILES string of the molecule is NC(=NC(=O)Cc1cocn1)C1CCC2CN1C(=O)N2OS(=O)(=O)O. The van der Waals surface area contributed by atoms with Gasteiger partial charge in [0, 0.05) is 6.54 Å². The van der Waals surface area contributed by atoms with Gasteiger partial charge in [-0.1, -0.05) is 0 Å². The molecule has 3 rings (SSSR count). The molecule has 2 fully saturated rings. The van der Waals surface area contributed by atoms with Crippen LogP contribution in [0.3, 0.4) is 0 Å². The van der Waals surface area contributed by atoms with E-state index in [-0.39, 0.29) is 18.8 Å². The predicted octanol–water partition coefficient (Wildman–Crippen LogP) is -0.896. The maximum atomic E-state index is 12.3. The largest absolute Gasteiger partial charge is 0.451 e. The number of aliphatic imine (C=N–C) groups is 1. The average molecular weight is 373 g/mol. The summed E-state index contributed by atoms with van der Waals surface area (Å²) in [5.74, 6) is -0.611. The number of oxazole rings is 1. The molecule has 0 radical (unpaired) electrons. The third-order valence-corrected chi connectivity index (χ3v) is 4.26. The minimum Gasteiger partial charge on any atom is -0.451 e. The summed E-state index contributed by atoms with van der Waals surface area (Å²) >= 11 is 0. The Balaban J connectivity index is 1.70. The molecule has 2 atom stereocenters. The van der Waals surface area contributed by atoms with E-state index >= 15 is 0 Å². The van der Waals surface area contributed by atoms with Crippen LogP contribution in [0.25, 0.3) is 0 Å². The molecule has 13 heteroatoms. The molecule has 1 aromatic heterocycles. The summed E-state index contributed by atoms with van der Waals surface area (Å²) in [5, 5.41) is 0.597. The highest BCUT2D eigenvalue weighted by Gasteiger charge is 2.48. The second kappa shape index (κ2) is 6.42. The smallest absolute Gasteiger partial charge is 0.418 e. The fraction of sp³-hybridized carbons (Fsp3) is 0.500. The van der Waals surface area contributed by atoms with Gasteiger partial charge in [0.15, 0.2) is 6.39 Å². The van der Waals surface area contributed by atoms with Gasteiger partial charge in [0.1, 0.15) is 12.1 Å². The van der Waals surface area contributed by atoms with Crippen LogP contribution in [0.5, 0.6) is 0 Å². The number of urea groups is 1. The maximum absolute atomic E-state index is 12.3. The van der Waals surface area contributed by atoms with Gasteiger partial charge >= 0.3 is 16.4 Å². The molecule has 1 aromatic rings. The van der Waals surface area contributed by atoms with Crippen molar-refractivity contribution in [1.82, 2.24) is 14.9 Å². The number of amides is 3. The Bertz CT molecular complexity index is 806. The van der Waals surface area contributed by atoms with Gasteiger partial charge in [-0.25, -0.2) is 9.78 Å². The monoisotopic (exact) mass is 373 g/mol. The molecule has 2 aliphatic rings. The molecule has 0 aromatic carbocycles. The summed E-state index contributed by atoms with van der Waals surface area (Å²) in [6.45, 7) is 0.146. The Labute approximate surface area is 142 Å². The molecule has 0 saturated carbocycles. The fourth-order valence-corrected chi connectivity index (χ4v) is 3.27. The van der Waals surface area contributed by atoms with Crippen molar-refractivity contribution in [1.29, 1.82) is 0 Å². The highest BCUT2D eigenvalue weighted by atomic mass is 32.3. The Morgan fingerprint density at radius 2 is 2.28 bits per heavy atom. The number of rotatable bonds is 5. The third-order valence-electron chi connectivity index (χ3n) is 3.91. The lowest BCUT2D eigenvalue weighted by Gasteiger charge is -2.29. The number of amidine groups is 1. The van der Waals surface area contributed by atoms with E-state index in [0.29, 0.717) is 23.6 Å². The van der Waals surface area contributed by atoms with E-state index in [1.807, 2.05) is 0 Å². The van der Waals surface area contributed by atoms with E-state index in [1.54, 1.807) is 0 Å². The zero-order valence-electron chi connectivity index (χ0n) is 12.8. The molecule has 0 aliphatic carbocycles. The average Bonchev–Trinajstić information content (AvgIpc) is 3.09. The number of nitrogens with zero attached hydrogens (tertiary/aromatic N) is 4. The van der Waals surface area contributed by atoms with E-state index in [2.05, 4.69) is 14.3 Å². The van der Waals surface area contributed by atoms with Crippen LogP contribution in [0.2, 0.25) is 0 Å². The summed E-state index contributed by atoms with van der Waals surface area (Å²) in [5.41, 5.74) is 6.26. The lowest BCUT2D eigenvalue weighted by molar-refractivity contribution is -0.117. The van der Waals surface area contributed by atoms with E-state index in [9.17, 15) is 18.0 Å². The van der Waals surface area contributed by atoms with Crippen LogP contribution in [0, 0.1) is 0 Å². The van der Waals surface area contributed by atoms with Crippen molar-refractivity contribution < 1.29 is 31.3 Å². The van der Waals surface area contributed by atoms with Gasteiger partial charge in [0.25, 0.3) is 5.91 Å². The third kappa shape index (κ3) is 3.78. The molecular formula is C12H15N5O7S. The maximum Gasteiger partial charge on any atom is 0.418 e. The summed E-state index contributed by atoms with van der Waals surface area (Å²) < 4.78 is 39.5. The number of piperidine rings is 1. The van der Waals surface area contributed by atoms with Crippen LogP contribution in [0.4, 0.5) is 4.79 Å². The molecule has 3 amide bonds. The van der Waals surface area contributed by atoms with Crippen LogP contribution in [0.15, 0.2) is 22.1 Å². The van der Waals surface area contributed by atoms with Crippen molar-refractivity contribution >= 4 is 28.2 Å². The number of carbonyl (C=O) groups is 2. The number of nitrogens with two attached hydrogens (primary N) is 1. The molecule has 136 valence electrons. The number of carbonyl (C=O) groups excluding carboxylic acids is 2. The van der Waals surface area contributed by atoms with Crippen LogP contribution in [-0.2, 0) is 25.9 Å². The number of hydrogen-bond donors (Lipinski definition) is 2. The highest BCUT2D eigenvalue weighted by molar-refractivity contribution is 7.80. The molecule has 25 heavy (non-hydrogen) atoms. The molecule has 2 aliphatic heterocycles. The summed E-state index contributed by atoms with van der Waals surface area (Å²) in [7, 11) is -4.82. The summed E-state index contributed by atoms with van der Waals surface area (Å²) in [4.78, 5) is 33.0. The van der Waals surface area contributed by atoms with Gasteiger partial charge in [0.2, 0.25) is 0 Å². The minimum atomic E-state index is -4.82. The van der Waals surface area contributed by atoms with E-state index < -0.39 is 34.4 Å². The number of hydroxylamine groups is 2. The van der Waals surface area contributed by atoms with Crippen molar-refractivity contribution in [3.05, 3.63) is 18.4 Å². The standard InChI is InChI=1S/C12H15N5O7S/c13-11(15-10(18)3-7-5-23-6-14-7)9-2-1-8-4-16(9)12(19)17(8)24-25(20,21)22/h5-6,8-9H,1-4H2,(H2,13,15,18)(H,20,21,22). The Hall–Kier alpha value is -2.51. The Kier molecular flexibility index (Phi) is 4.45. The Morgan fingerprint density at radius 1 is 1.52 bits per heavy atom. The van der Waals surface area contributed by atoms with Crippen LogP contribution in [-0.4, -0.2) is 64.3 Å². The lowest BCUT2D eigenvalue weighted by atomic mass is 10.0. The van der Waals surface area contributed by atoms with Gasteiger partial charge < -0.3 is 15.1 Å². The van der Waals surface area contributed by atoms with Crippen molar-refractivity contribution in [3.8, 4) is 0 Å². The van der Waals surface area contributed by atoms with E-state index in [4.69, 9.17) is 14.7 Å². The zero-order valence-corrected chi connectivity index (χ0v) is 13.6. The molecule has 2 saturated heterocycles. The molecule has 2 bridgehead atoms. The summed E-state index contributed by atoms with van der Waals surface area (Å²) in [6, 6.07) is -1.98. The van der Waals surface area contributed by atoms with Gasteiger partial charge in [-0.3, -0.25) is 9.35 Å². The van der Waals surface area contributed by atoms with E-state index in [0.717, 1.165) is 0 Å². The van der Waals surface area contributed by atoms with Crippen LogP contribution in [0.1, 0.15) is 18.5 Å². The quantitative estimate of drug-likeness (QED) is 0.377. The zero-order chi connectivity index (χ0) is 18.2. The number of aromatic nitrogens is 1. The first-order chi connectivity index (χ1) is 11.7. The van der Waals surface area contributed by atoms with Crippen molar-refractivity contribution in [2.24, 2.45) is 10.7 Å². The first-order valence-electron chi connectivity index (χ1n) is 7.25. The second-order valence-electron chi connectivity index (χ2n) is 5.60. The van der Waals surface area contributed by atoms with Crippen LogP contribution >= 0.6 is 0 Å². The first kappa shape index (κ1) is 17.3.